The van der Waals surface area contributed by atoms with Crippen molar-refractivity contribution in [3.05, 3.63) is 0 Å². The summed E-state index contributed by atoms with van der Waals surface area (Å²) < 4.78 is 0. The molecule has 0 aliphatic heterocycles. The Morgan fingerprint density at radius 3 is 2.92 bits per heavy atom. The summed E-state index contributed by atoms with van der Waals surface area (Å²) in [6.07, 6.45) is 3.70. The maximum absolute atomic E-state index is 11.6. The highest BCUT2D eigenvalue weighted by Crippen LogP contribution is 2.32. The van der Waals surface area contributed by atoms with Crippen LogP contribution in [-0.4, -0.2) is 12.3 Å². The van der Waals surface area contributed by atoms with Crippen LogP contribution in [0.2, 0.25) is 0 Å². The van der Waals surface area contributed by atoms with Gasteiger partial charge in [-0.05, 0) is 32.2 Å². The van der Waals surface area contributed by atoms with E-state index in [1.54, 1.807) is 6.92 Å². The Morgan fingerprint density at radius 2 is 2.31 bits per heavy atom. The zero-order valence-corrected chi connectivity index (χ0v) is 8.18. The molecule has 2 N–H and O–H groups in total. The Hall–Kier alpha value is -0.810. The van der Waals surface area contributed by atoms with Gasteiger partial charge in [0.15, 0.2) is 0 Å². The van der Waals surface area contributed by atoms with E-state index in [4.69, 9.17) is 5.73 Å². The summed E-state index contributed by atoms with van der Waals surface area (Å²) in [5, 5.41) is 0. The van der Waals surface area contributed by atoms with Gasteiger partial charge >= 0.3 is 0 Å². The van der Waals surface area contributed by atoms with Crippen molar-refractivity contribution in [1.29, 1.82) is 0 Å². The summed E-state index contributed by atoms with van der Waals surface area (Å²) >= 11 is 0. The maximum Gasteiger partial charge on any atom is 0.148 e. The molecule has 0 aromatic heterocycles. The maximum atomic E-state index is 11.6. The van der Waals surface area contributed by atoms with Gasteiger partial charge in [-0.1, -0.05) is 12.3 Å². The predicted octanol–water partition coefficient (Wildman–Crippen LogP) is 1.34. The Kier molecular flexibility index (Phi) is 3.98. The molecule has 72 valence electrons. The molecule has 0 saturated heterocycles. The molecule has 0 aromatic carbocycles. The molecule has 1 saturated carbocycles. The first-order valence-corrected chi connectivity index (χ1v) is 4.92. The summed E-state index contributed by atoms with van der Waals surface area (Å²) in [4.78, 5) is 11.6. The van der Waals surface area contributed by atoms with E-state index in [0.717, 1.165) is 19.3 Å². The highest BCUT2D eigenvalue weighted by atomic mass is 16.1. The van der Waals surface area contributed by atoms with Crippen LogP contribution in [0.5, 0.6) is 0 Å². The monoisotopic (exact) mass is 179 g/mol. The predicted molar refractivity (Wildman–Crippen MR) is 53.0 cm³/mol. The first kappa shape index (κ1) is 10.3. The van der Waals surface area contributed by atoms with Crippen molar-refractivity contribution in [3.63, 3.8) is 0 Å². The van der Waals surface area contributed by atoms with Gasteiger partial charge in [0.05, 0.1) is 6.42 Å². The van der Waals surface area contributed by atoms with E-state index >= 15 is 0 Å². The topological polar surface area (TPSA) is 43.1 Å². The molecule has 0 aromatic rings. The smallest absolute Gasteiger partial charge is 0.148 e. The number of Topliss-reactive ketones (excluding diaryl/α,β-unsaturated/α-hetero) is 1. The molecule has 1 fully saturated rings. The molecule has 0 radical (unpaired) electrons. The third-order valence-electron chi connectivity index (χ3n) is 2.81. The number of ketones is 1. The summed E-state index contributed by atoms with van der Waals surface area (Å²) in [5.74, 6) is 6.50. The van der Waals surface area contributed by atoms with Crippen LogP contribution < -0.4 is 5.73 Å². The van der Waals surface area contributed by atoms with Gasteiger partial charge in [-0.3, -0.25) is 4.79 Å². The standard InChI is InChI=1S/C11H17NO/c1-2-3-7-11(13)10-6-4-5-9(10)8-12/h9-10H,4-8,12H2,1H3. The number of nitrogens with two attached hydrogens (primary N) is 1. The minimum absolute atomic E-state index is 0.200. The number of hydrogen-bond acceptors (Lipinski definition) is 2. The van der Waals surface area contributed by atoms with Gasteiger partial charge in [-0.15, -0.1) is 5.92 Å². The average Bonchev–Trinajstić information content (AvgIpc) is 2.61. The highest BCUT2D eigenvalue weighted by molar-refractivity contribution is 5.83. The van der Waals surface area contributed by atoms with E-state index in [0.29, 0.717) is 24.7 Å². The van der Waals surface area contributed by atoms with Crippen molar-refractivity contribution >= 4 is 5.78 Å². The zero-order valence-electron chi connectivity index (χ0n) is 8.18. The lowest BCUT2D eigenvalue weighted by Gasteiger charge is -2.14. The fourth-order valence-electron chi connectivity index (χ4n) is 2.05. The Labute approximate surface area is 79.9 Å². The van der Waals surface area contributed by atoms with E-state index in [2.05, 4.69) is 11.8 Å². The molecule has 2 nitrogen and oxygen atoms in total. The number of rotatable bonds is 3. The van der Waals surface area contributed by atoms with E-state index in [9.17, 15) is 4.79 Å². The quantitative estimate of drug-likeness (QED) is 0.664. The molecule has 1 rings (SSSR count). The van der Waals surface area contributed by atoms with Crippen molar-refractivity contribution in [2.75, 3.05) is 6.54 Å². The molecular weight excluding hydrogens is 162 g/mol. The van der Waals surface area contributed by atoms with E-state index < -0.39 is 0 Å². The molecule has 2 unspecified atom stereocenters. The molecular formula is C11H17NO. The van der Waals surface area contributed by atoms with E-state index in [1.807, 2.05) is 0 Å². The normalized spacial score (nSPS) is 26.6. The van der Waals surface area contributed by atoms with Crippen LogP contribution in [0.1, 0.15) is 32.6 Å². The lowest BCUT2D eigenvalue weighted by atomic mass is 9.91. The Morgan fingerprint density at radius 1 is 1.54 bits per heavy atom. The first-order chi connectivity index (χ1) is 6.29. The molecule has 13 heavy (non-hydrogen) atoms. The lowest BCUT2D eigenvalue weighted by molar-refractivity contribution is -0.122. The van der Waals surface area contributed by atoms with E-state index in [-0.39, 0.29) is 5.92 Å². The van der Waals surface area contributed by atoms with Gasteiger partial charge in [0.1, 0.15) is 5.78 Å². The van der Waals surface area contributed by atoms with Crippen LogP contribution >= 0.6 is 0 Å². The first-order valence-electron chi connectivity index (χ1n) is 4.92. The minimum atomic E-state index is 0.200. The Bertz CT molecular complexity index is 236. The summed E-state index contributed by atoms with van der Waals surface area (Å²) in [6, 6.07) is 0. The molecule has 2 atom stereocenters. The van der Waals surface area contributed by atoms with Gasteiger partial charge in [0.2, 0.25) is 0 Å². The van der Waals surface area contributed by atoms with Crippen LogP contribution in [0.4, 0.5) is 0 Å². The third kappa shape index (κ3) is 2.57. The van der Waals surface area contributed by atoms with Crippen molar-refractivity contribution in [2.45, 2.75) is 32.6 Å². The van der Waals surface area contributed by atoms with Gasteiger partial charge in [-0.2, -0.15) is 0 Å². The summed E-state index contributed by atoms with van der Waals surface area (Å²) in [6.45, 7) is 2.41. The number of hydrogen-bond donors (Lipinski definition) is 1. The van der Waals surface area contributed by atoms with E-state index in [1.165, 1.54) is 0 Å². The fraction of sp³-hybridized carbons (Fsp3) is 0.727. The van der Waals surface area contributed by atoms with Crippen LogP contribution in [0.3, 0.4) is 0 Å². The fourth-order valence-corrected chi connectivity index (χ4v) is 2.05. The summed E-state index contributed by atoms with van der Waals surface area (Å²) in [5.41, 5.74) is 5.60. The molecule has 0 bridgehead atoms. The number of carbonyl (C=O) groups is 1. The van der Waals surface area contributed by atoms with Crippen molar-refractivity contribution in [3.8, 4) is 11.8 Å². The van der Waals surface area contributed by atoms with Crippen LogP contribution in [-0.2, 0) is 4.79 Å². The lowest BCUT2D eigenvalue weighted by Crippen LogP contribution is -2.24. The molecule has 0 amide bonds. The second kappa shape index (κ2) is 5.04. The molecule has 2 heteroatoms. The van der Waals surface area contributed by atoms with Crippen LogP contribution in [0.25, 0.3) is 0 Å². The van der Waals surface area contributed by atoms with Gasteiger partial charge < -0.3 is 5.73 Å². The van der Waals surface area contributed by atoms with Crippen LogP contribution in [0, 0.1) is 23.7 Å². The van der Waals surface area contributed by atoms with Gasteiger partial charge in [-0.25, -0.2) is 0 Å². The molecule has 0 spiro atoms. The molecule has 1 aliphatic rings. The van der Waals surface area contributed by atoms with Crippen LogP contribution in [0.15, 0.2) is 0 Å². The van der Waals surface area contributed by atoms with Crippen molar-refractivity contribution in [1.82, 2.24) is 0 Å². The highest BCUT2D eigenvalue weighted by Gasteiger charge is 2.30. The molecule has 1 aliphatic carbocycles. The third-order valence-corrected chi connectivity index (χ3v) is 2.81. The summed E-state index contributed by atoms with van der Waals surface area (Å²) in [7, 11) is 0. The zero-order chi connectivity index (χ0) is 9.68. The molecule has 0 heterocycles. The van der Waals surface area contributed by atoms with Gasteiger partial charge in [0, 0.05) is 5.92 Å². The Balaban J connectivity index is 2.48. The second-order valence-electron chi connectivity index (χ2n) is 3.60. The number of carbonyl (C=O) groups excluding carboxylic acids is 1. The van der Waals surface area contributed by atoms with Gasteiger partial charge in [0.25, 0.3) is 0 Å². The van der Waals surface area contributed by atoms with Crippen molar-refractivity contribution in [2.24, 2.45) is 17.6 Å². The minimum Gasteiger partial charge on any atom is -0.330 e. The SMILES string of the molecule is CC#CCC(=O)C1CCCC1CN. The van der Waals surface area contributed by atoms with Crippen molar-refractivity contribution < 1.29 is 4.79 Å². The largest absolute Gasteiger partial charge is 0.330 e. The second-order valence-corrected chi connectivity index (χ2v) is 3.60. The average molecular weight is 179 g/mol.